The number of halogens is 1. The Morgan fingerprint density at radius 3 is 2.65 bits per heavy atom. The Hall–Kier alpha value is -1.01. The van der Waals surface area contributed by atoms with Crippen molar-refractivity contribution < 1.29 is 4.79 Å². The van der Waals surface area contributed by atoms with E-state index in [1.54, 1.807) is 10.2 Å². The largest absolute Gasteiger partial charge is 0.293 e. The maximum Gasteiger partial charge on any atom is 0.180 e. The molecule has 2 aromatic heterocycles. The van der Waals surface area contributed by atoms with Gasteiger partial charge in [-0.1, -0.05) is 0 Å². The van der Waals surface area contributed by atoms with Gasteiger partial charge in [-0.3, -0.25) is 9.48 Å². The maximum absolute atomic E-state index is 12.1. The lowest BCUT2D eigenvalue weighted by atomic mass is 10.1. The quantitative estimate of drug-likeness (QED) is 0.818. The topological polar surface area (TPSA) is 47.8 Å². The molecule has 0 atom stereocenters. The summed E-state index contributed by atoms with van der Waals surface area (Å²) >= 11 is 4.85. The van der Waals surface area contributed by atoms with E-state index in [0.29, 0.717) is 6.42 Å². The Morgan fingerprint density at radius 1 is 1.47 bits per heavy atom. The lowest BCUT2D eigenvalue weighted by molar-refractivity contribution is 0.0993. The van der Waals surface area contributed by atoms with Crippen LogP contribution in [0.1, 0.15) is 26.8 Å². The highest BCUT2D eigenvalue weighted by molar-refractivity contribution is 9.10. The summed E-state index contributed by atoms with van der Waals surface area (Å²) in [6, 6.07) is 0. The van der Waals surface area contributed by atoms with E-state index in [0.717, 1.165) is 26.4 Å². The fourth-order valence-electron chi connectivity index (χ4n) is 1.67. The van der Waals surface area contributed by atoms with Crippen molar-refractivity contribution in [2.75, 3.05) is 0 Å². The molecule has 4 nitrogen and oxygen atoms in total. The molecule has 0 aliphatic carbocycles. The molecular formula is C11H12BrN3OS. The minimum atomic E-state index is 0.0914. The second-order valence-electron chi connectivity index (χ2n) is 3.84. The van der Waals surface area contributed by atoms with Crippen molar-refractivity contribution in [3.63, 3.8) is 0 Å². The van der Waals surface area contributed by atoms with Crippen LogP contribution in [0.3, 0.4) is 0 Å². The average Bonchev–Trinajstić information content (AvgIpc) is 2.78. The summed E-state index contributed by atoms with van der Waals surface area (Å²) in [4.78, 5) is 16.9. The number of hydrogen-bond acceptors (Lipinski definition) is 4. The normalized spacial score (nSPS) is 10.8. The first-order chi connectivity index (χ1) is 8.00. The van der Waals surface area contributed by atoms with Crippen LogP contribution in [0.2, 0.25) is 0 Å². The van der Waals surface area contributed by atoms with Gasteiger partial charge in [0.15, 0.2) is 5.78 Å². The summed E-state index contributed by atoms with van der Waals surface area (Å²) in [6.07, 6.45) is 0.348. The van der Waals surface area contributed by atoms with Crippen molar-refractivity contribution in [3.8, 4) is 0 Å². The third-order valence-electron chi connectivity index (χ3n) is 2.59. The number of aromatic nitrogens is 3. The number of Topliss-reactive ketones (excluding diaryl/α,β-unsaturated/α-hetero) is 1. The van der Waals surface area contributed by atoms with E-state index in [4.69, 9.17) is 0 Å². The van der Waals surface area contributed by atoms with Crippen molar-refractivity contribution in [1.29, 1.82) is 0 Å². The minimum Gasteiger partial charge on any atom is -0.293 e. The minimum absolute atomic E-state index is 0.0914. The van der Waals surface area contributed by atoms with Gasteiger partial charge in [0.25, 0.3) is 0 Å². The first-order valence-electron chi connectivity index (χ1n) is 5.12. The highest BCUT2D eigenvalue weighted by Crippen LogP contribution is 2.23. The number of thiazole rings is 1. The lowest BCUT2D eigenvalue weighted by Gasteiger charge is -2.01. The van der Waals surface area contributed by atoms with E-state index in [1.807, 2.05) is 20.9 Å². The number of carbonyl (C=O) groups is 1. The molecule has 0 N–H and O–H groups in total. The Bertz CT molecular complexity index is 573. The molecule has 90 valence electrons. The molecule has 17 heavy (non-hydrogen) atoms. The smallest absolute Gasteiger partial charge is 0.180 e. The van der Waals surface area contributed by atoms with Gasteiger partial charge < -0.3 is 0 Å². The Labute approximate surface area is 112 Å². The fourth-order valence-corrected chi connectivity index (χ4v) is 2.89. The molecule has 2 rings (SSSR count). The molecule has 0 aromatic carbocycles. The lowest BCUT2D eigenvalue weighted by Crippen LogP contribution is -2.08. The van der Waals surface area contributed by atoms with E-state index in [1.165, 1.54) is 11.3 Å². The molecule has 0 spiro atoms. The number of carbonyl (C=O) groups excluding carboxylic acids is 1. The average molecular weight is 314 g/mol. The van der Waals surface area contributed by atoms with Crippen LogP contribution < -0.4 is 0 Å². The molecule has 0 aliphatic heterocycles. The number of nitrogens with zero attached hydrogens (tertiary/aromatic N) is 3. The number of aryl methyl sites for hydroxylation is 3. The molecule has 0 radical (unpaired) electrons. The van der Waals surface area contributed by atoms with Crippen LogP contribution in [-0.4, -0.2) is 20.5 Å². The van der Waals surface area contributed by atoms with Gasteiger partial charge in [0.2, 0.25) is 0 Å². The maximum atomic E-state index is 12.1. The zero-order valence-corrected chi connectivity index (χ0v) is 12.2. The summed E-state index contributed by atoms with van der Waals surface area (Å²) < 4.78 is 2.66. The van der Waals surface area contributed by atoms with Crippen molar-refractivity contribution in [1.82, 2.24) is 14.8 Å². The molecule has 0 amide bonds. The van der Waals surface area contributed by atoms with Crippen LogP contribution in [0.25, 0.3) is 0 Å². The third kappa shape index (κ3) is 2.32. The second-order valence-corrected chi connectivity index (χ2v) is 5.48. The first kappa shape index (κ1) is 12.4. The number of ketones is 1. The van der Waals surface area contributed by atoms with Gasteiger partial charge in [0.05, 0.1) is 38.4 Å². The summed E-state index contributed by atoms with van der Waals surface area (Å²) in [5.41, 5.74) is 4.30. The van der Waals surface area contributed by atoms with E-state index in [9.17, 15) is 4.79 Å². The monoisotopic (exact) mass is 313 g/mol. The molecule has 0 saturated carbocycles. The zero-order chi connectivity index (χ0) is 12.6. The van der Waals surface area contributed by atoms with E-state index in [2.05, 4.69) is 26.0 Å². The van der Waals surface area contributed by atoms with E-state index < -0.39 is 0 Å². The van der Waals surface area contributed by atoms with Gasteiger partial charge in [-0.15, -0.1) is 11.3 Å². The second kappa shape index (κ2) is 4.70. The van der Waals surface area contributed by atoms with Crippen LogP contribution in [0.4, 0.5) is 0 Å². The highest BCUT2D eigenvalue weighted by Gasteiger charge is 2.18. The van der Waals surface area contributed by atoms with Gasteiger partial charge in [-0.25, -0.2) is 4.98 Å². The van der Waals surface area contributed by atoms with Gasteiger partial charge >= 0.3 is 0 Å². The molecule has 0 bridgehead atoms. The molecule has 0 fully saturated rings. The molecule has 0 aliphatic rings. The van der Waals surface area contributed by atoms with Gasteiger partial charge in [0, 0.05) is 7.05 Å². The summed E-state index contributed by atoms with van der Waals surface area (Å²) in [5.74, 6) is 0.0914. The molecule has 2 aromatic rings. The van der Waals surface area contributed by atoms with Crippen molar-refractivity contribution in [2.24, 2.45) is 7.05 Å². The highest BCUT2D eigenvalue weighted by atomic mass is 79.9. The zero-order valence-electron chi connectivity index (χ0n) is 9.82. The van der Waals surface area contributed by atoms with Gasteiger partial charge in [0.1, 0.15) is 0 Å². The van der Waals surface area contributed by atoms with Gasteiger partial charge in [-0.2, -0.15) is 5.10 Å². The first-order valence-corrected chi connectivity index (χ1v) is 6.79. The van der Waals surface area contributed by atoms with E-state index >= 15 is 0 Å². The van der Waals surface area contributed by atoms with E-state index in [-0.39, 0.29) is 5.78 Å². The van der Waals surface area contributed by atoms with Crippen LogP contribution in [0, 0.1) is 13.8 Å². The Kier molecular flexibility index (Phi) is 3.44. The summed E-state index contributed by atoms with van der Waals surface area (Å²) in [6.45, 7) is 3.77. The molecule has 0 unspecified atom stereocenters. The standard InChI is InChI=1S/C11H12BrN3OS/c1-6-10(12)8(15(3)14-6)4-9(16)11-7(2)13-5-17-11/h5H,4H2,1-3H3. The molecular weight excluding hydrogens is 302 g/mol. The molecule has 0 saturated heterocycles. The van der Waals surface area contributed by atoms with Gasteiger partial charge in [-0.05, 0) is 29.8 Å². The van der Waals surface area contributed by atoms with Crippen LogP contribution in [-0.2, 0) is 13.5 Å². The van der Waals surface area contributed by atoms with Crippen molar-refractivity contribution in [2.45, 2.75) is 20.3 Å². The number of hydrogen-bond donors (Lipinski definition) is 0. The predicted octanol–water partition coefficient (Wildman–Crippen LogP) is 2.68. The number of rotatable bonds is 3. The van der Waals surface area contributed by atoms with Crippen molar-refractivity contribution in [3.05, 3.63) is 31.9 Å². The Balaban J connectivity index is 2.28. The SMILES string of the molecule is Cc1ncsc1C(=O)Cc1c(Br)c(C)nn1C. The Morgan fingerprint density at radius 2 is 2.18 bits per heavy atom. The van der Waals surface area contributed by atoms with Crippen LogP contribution in [0.5, 0.6) is 0 Å². The summed E-state index contributed by atoms with van der Waals surface area (Å²) in [7, 11) is 1.85. The molecule has 6 heteroatoms. The fraction of sp³-hybridized carbons (Fsp3) is 0.364. The summed E-state index contributed by atoms with van der Waals surface area (Å²) in [5, 5.41) is 4.27. The van der Waals surface area contributed by atoms with Crippen molar-refractivity contribution >= 4 is 33.0 Å². The molecule has 2 heterocycles. The predicted molar refractivity (Wildman–Crippen MR) is 70.5 cm³/mol. The van der Waals surface area contributed by atoms with Crippen LogP contribution in [0.15, 0.2) is 9.98 Å². The third-order valence-corrected chi connectivity index (χ3v) is 4.59. The van der Waals surface area contributed by atoms with Crippen LogP contribution >= 0.6 is 27.3 Å².